The lowest BCUT2D eigenvalue weighted by Gasteiger charge is -2.04. The van der Waals surface area contributed by atoms with Gasteiger partial charge in [-0.25, -0.2) is 4.79 Å². The summed E-state index contributed by atoms with van der Waals surface area (Å²) >= 11 is 0. The zero-order valence-corrected chi connectivity index (χ0v) is 18.5. The second-order valence-electron chi connectivity index (χ2n) is 7.79. The van der Waals surface area contributed by atoms with Crippen molar-refractivity contribution in [2.75, 3.05) is 6.54 Å². The molecule has 0 bridgehead atoms. The Labute approximate surface area is 168 Å². The molecule has 0 aliphatic carbocycles. The quantitative estimate of drug-likeness (QED) is 0.107. The molecule has 0 atom stereocenters. The summed E-state index contributed by atoms with van der Waals surface area (Å²) in [5.74, 6) is 0. The van der Waals surface area contributed by atoms with Crippen LogP contribution >= 0.6 is 0 Å². The molecule has 0 heterocycles. The van der Waals surface area contributed by atoms with Crippen LogP contribution in [0.15, 0.2) is 5.16 Å². The molecule has 0 aromatic carbocycles. The average molecular weight is 383 g/mol. The van der Waals surface area contributed by atoms with Gasteiger partial charge in [-0.1, -0.05) is 115 Å². The summed E-state index contributed by atoms with van der Waals surface area (Å²) in [6, 6.07) is 0. The molecule has 4 nitrogen and oxygen atoms in total. The first-order chi connectivity index (χ1) is 13.2. The Hall–Kier alpha value is -1.06. The zero-order valence-electron chi connectivity index (χ0n) is 18.5. The van der Waals surface area contributed by atoms with Crippen LogP contribution in [-0.2, 0) is 4.84 Å². The average Bonchev–Trinajstić information content (AvgIpc) is 2.68. The van der Waals surface area contributed by atoms with Crippen LogP contribution in [0.5, 0.6) is 0 Å². The Morgan fingerprint density at radius 2 is 1.11 bits per heavy atom. The number of nitrogens with one attached hydrogen (secondary N) is 1. The Bertz CT molecular complexity index is 356. The van der Waals surface area contributed by atoms with Crippen molar-refractivity contribution in [1.29, 1.82) is 0 Å². The number of carbonyl (C=O) groups is 1. The predicted octanol–water partition coefficient (Wildman–Crippen LogP) is 7.76. The number of carbonyl (C=O) groups excluding carboxylic acids is 1. The molecule has 0 radical (unpaired) electrons. The molecule has 27 heavy (non-hydrogen) atoms. The molecule has 4 heteroatoms. The lowest BCUT2D eigenvalue weighted by molar-refractivity contribution is 0.150. The van der Waals surface area contributed by atoms with E-state index in [1.165, 1.54) is 96.3 Å². The van der Waals surface area contributed by atoms with Crippen molar-refractivity contribution in [3.05, 3.63) is 0 Å². The minimum absolute atomic E-state index is 0.441. The highest BCUT2D eigenvalue weighted by Gasteiger charge is 2.00. The molecule has 0 unspecified atom stereocenters. The van der Waals surface area contributed by atoms with Gasteiger partial charge in [0.1, 0.15) is 0 Å². The molecule has 0 rings (SSSR count). The molecule has 1 amide bonds. The van der Waals surface area contributed by atoms with E-state index in [1.807, 2.05) is 13.8 Å². The Kier molecular flexibility index (Phi) is 20.4. The highest BCUT2D eigenvalue weighted by molar-refractivity contribution is 5.81. The third kappa shape index (κ3) is 21.1. The summed E-state index contributed by atoms with van der Waals surface area (Å²) < 4.78 is 0. The van der Waals surface area contributed by atoms with Crippen LogP contribution < -0.4 is 5.32 Å². The van der Waals surface area contributed by atoms with Crippen molar-refractivity contribution >= 4 is 11.8 Å². The van der Waals surface area contributed by atoms with E-state index in [0.717, 1.165) is 18.6 Å². The van der Waals surface area contributed by atoms with Crippen molar-refractivity contribution in [2.45, 2.75) is 130 Å². The Morgan fingerprint density at radius 1 is 0.704 bits per heavy atom. The Balaban J connectivity index is 3.16. The van der Waals surface area contributed by atoms with Gasteiger partial charge < -0.3 is 5.32 Å². The summed E-state index contributed by atoms with van der Waals surface area (Å²) in [5.41, 5.74) is 0.826. The first-order valence-corrected chi connectivity index (χ1v) is 11.7. The number of amides is 1. The molecule has 0 aliphatic heterocycles. The van der Waals surface area contributed by atoms with Crippen LogP contribution in [0.2, 0.25) is 0 Å². The smallest absolute Gasteiger partial charge is 0.320 e. The topological polar surface area (TPSA) is 50.7 Å². The fourth-order valence-corrected chi connectivity index (χ4v) is 3.08. The molecule has 0 saturated heterocycles. The highest BCUT2D eigenvalue weighted by Crippen LogP contribution is 2.13. The predicted molar refractivity (Wildman–Crippen MR) is 117 cm³/mol. The lowest BCUT2D eigenvalue weighted by atomic mass is 10.0. The normalized spacial score (nSPS) is 11.6. The standard InChI is InChI=1S/C23H46N2O2/c1-4-6-7-8-9-10-11-12-13-14-15-16-17-18-19-20-21-24-23(26)27-25-22(3)5-2/h4-21H2,1-3H3,(H,24,26)/b25-22+. The molecule has 0 aromatic rings. The van der Waals surface area contributed by atoms with Gasteiger partial charge in [-0.3, -0.25) is 4.84 Å². The van der Waals surface area contributed by atoms with E-state index in [2.05, 4.69) is 17.4 Å². The van der Waals surface area contributed by atoms with Gasteiger partial charge in [0.15, 0.2) is 0 Å². The second-order valence-corrected chi connectivity index (χ2v) is 7.79. The molecule has 0 spiro atoms. The summed E-state index contributed by atoms with van der Waals surface area (Å²) in [5, 5.41) is 6.49. The van der Waals surface area contributed by atoms with Crippen molar-refractivity contribution in [3.8, 4) is 0 Å². The van der Waals surface area contributed by atoms with Gasteiger partial charge in [0.05, 0.1) is 5.71 Å². The SMILES string of the molecule is CCCCCCCCCCCCCCCCCCNC(=O)O/N=C(\C)CC. The number of unbranched alkanes of at least 4 members (excludes halogenated alkanes) is 15. The van der Waals surface area contributed by atoms with Crippen molar-refractivity contribution in [2.24, 2.45) is 5.16 Å². The monoisotopic (exact) mass is 382 g/mol. The first kappa shape index (κ1) is 25.9. The number of oxime groups is 1. The third-order valence-corrected chi connectivity index (χ3v) is 5.10. The van der Waals surface area contributed by atoms with Crippen molar-refractivity contribution < 1.29 is 9.63 Å². The van der Waals surface area contributed by atoms with Gasteiger partial charge in [0.25, 0.3) is 0 Å². The second kappa shape index (κ2) is 21.2. The molecule has 0 aliphatic rings. The number of rotatable bonds is 19. The van der Waals surface area contributed by atoms with Crippen LogP contribution in [0.4, 0.5) is 4.79 Å². The molecule has 160 valence electrons. The Morgan fingerprint density at radius 3 is 1.52 bits per heavy atom. The van der Waals surface area contributed by atoms with Gasteiger partial charge in [0, 0.05) is 6.54 Å². The molecule has 1 N–H and O–H groups in total. The number of hydrogen-bond donors (Lipinski definition) is 1. The molecular formula is C23H46N2O2. The lowest BCUT2D eigenvalue weighted by Crippen LogP contribution is -2.24. The van der Waals surface area contributed by atoms with Crippen LogP contribution in [0.1, 0.15) is 130 Å². The van der Waals surface area contributed by atoms with Gasteiger partial charge in [-0.15, -0.1) is 0 Å². The van der Waals surface area contributed by atoms with Crippen LogP contribution in [0, 0.1) is 0 Å². The zero-order chi connectivity index (χ0) is 20.0. The maximum atomic E-state index is 11.4. The van der Waals surface area contributed by atoms with Gasteiger partial charge in [-0.05, 0) is 19.8 Å². The maximum Gasteiger partial charge on any atom is 0.433 e. The van der Waals surface area contributed by atoms with Crippen LogP contribution in [0.25, 0.3) is 0 Å². The molecular weight excluding hydrogens is 336 g/mol. The molecule has 0 saturated carbocycles. The summed E-state index contributed by atoms with van der Waals surface area (Å²) in [6.07, 6.45) is 22.1. The molecule has 0 fully saturated rings. The molecule has 0 aromatic heterocycles. The van der Waals surface area contributed by atoms with Crippen molar-refractivity contribution in [1.82, 2.24) is 5.32 Å². The van der Waals surface area contributed by atoms with E-state index in [0.29, 0.717) is 6.54 Å². The first-order valence-electron chi connectivity index (χ1n) is 11.7. The van der Waals surface area contributed by atoms with Crippen LogP contribution in [-0.4, -0.2) is 18.3 Å². The fraction of sp³-hybridized carbons (Fsp3) is 0.913. The fourth-order valence-electron chi connectivity index (χ4n) is 3.08. The largest absolute Gasteiger partial charge is 0.433 e. The van der Waals surface area contributed by atoms with Gasteiger partial charge in [0.2, 0.25) is 0 Å². The summed E-state index contributed by atoms with van der Waals surface area (Å²) in [7, 11) is 0. The third-order valence-electron chi connectivity index (χ3n) is 5.10. The van der Waals surface area contributed by atoms with Gasteiger partial charge in [-0.2, -0.15) is 0 Å². The summed E-state index contributed by atoms with van der Waals surface area (Å²) in [4.78, 5) is 16.1. The maximum absolute atomic E-state index is 11.4. The highest BCUT2D eigenvalue weighted by atomic mass is 16.7. The number of nitrogens with zero attached hydrogens (tertiary/aromatic N) is 1. The van der Waals surface area contributed by atoms with Gasteiger partial charge >= 0.3 is 6.09 Å². The van der Waals surface area contributed by atoms with E-state index in [9.17, 15) is 4.79 Å². The van der Waals surface area contributed by atoms with Crippen molar-refractivity contribution in [3.63, 3.8) is 0 Å². The van der Waals surface area contributed by atoms with E-state index in [-0.39, 0.29) is 0 Å². The summed E-state index contributed by atoms with van der Waals surface area (Å²) in [6.45, 7) is 6.79. The van der Waals surface area contributed by atoms with E-state index >= 15 is 0 Å². The van der Waals surface area contributed by atoms with E-state index < -0.39 is 6.09 Å². The minimum Gasteiger partial charge on any atom is -0.320 e. The number of hydrogen-bond acceptors (Lipinski definition) is 3. The van der Waals surface area contributed by atoms with Crippen LogP contribution in [0.3, 0.4) is 0 Å². The van der Waals surface area contributed by atoms with E-state index in [1.54, 1.807) is 0 Å². The minimum atomic E-state index is -0.441. The van der Waals surface area contributed by atoms with E-state index in [4.69, 9.17) is 4.84 Å².